The zero-order chi connectivity index (χ0) is 20.5. The zero-order valence-electron chi connectivity index (χ0n) is 16.0. The van der Waals surface area contributed by atoms with Gasteiger partial charge in [-0.2, -0.15) is 0 Å². The second-order valence-electron chi connectivity index (χ2n) is 7.40. The van der Waals surface area contributed by atoms with E-state index in [0.29, 0.717) is 42.8 Å². The van der Waals surface area contributed by atoms with Gasteiger partial charge in [-0.25, -0.2) is 14.5 Å². The third-order valence-electron chi connectivity index (χ3n) is 5.43. The summed E-state index contributed by atoms with van der Waals surface area (Å²) in [5.41, 5.74) is 0.857. The first-order valence-electron chi connectivity index (χ1n) is 9.67. The van der Waals surface area contributed by atoms with Gasteiger partial charge in [0.05, 0.1) is 24.1 Å². The molecule has 4 heterocycles. The molecule has 1 atom stereocenters. The summed E-state index contributed by atoms with van der Waals surface area (Å²) in [6.07, 6.45) is 5.76. The van der Waals surface area contributed by atoms with E-state index >= 15 is 0 Å². The molecule has 2 aliphatic rings. The van der Waals surface area contributed by atoms with Gasteiger partial charge in [0.1, 0.15) is 12.1 Å². The number of urea groups is 1. The van der Waals surface area contributed by atoms with Crippen LogP contribution >= 0.6 is 11.6 Å². The highest BCUT2D eigenvalue weighted by Crippen LogP contribution is 2.29. The highest BCUT2D eigenvalue weighted by molar-refractivity contribution is 6.30. The lowest BCUT2D eigenvalue weighted by Crippen LogP contribution is -2.53. The standard InChI is InChI=1S/C19H19ClN8O2/c20-14-1-3-16(4-2-14)30-18-8-21-17(7-22-18)13-9-27(10-13)19(29)26-6-5-15(11-26)28-12-23-24-25-28/h1-4,7-8,12-13,15H,5-6,9-11H2/t15-/m0/s1. The Kier molecular flexibility index (Phi) is 4.91. The van der Waals surface area contributed by atoms with Crippen LogP contribution in [0.5, 0.6) is 11.6 Å². The monoisotopic (exact) mass is 426 g/mol. The first-order valence-corrected chi connectivity index (χ1v) is 10.1. The van der Waals surface area contributed by atoms with E-state index in [2.05, 4.69) is 25.5 Å². The summed E-state index contributed by atoms with van der Waals surface area (Å²) in [6, 6.07) is 7.25. The fraction of sp³-hybridized carbons (Fsp3) is 0.368. The van der Waals surface area contributed by atoms with Crippen molar-refractivity contribution in [2.24, 2.45) is 0 Å². The molecule has 0 bridgehead atoms. The van der Waals surface area contributed by atoms with Crippen molar-refractivity contribution in [3.8, 4) is 11.6 Å². The van der Waals surface area contributed by atoms with E-state index in [0.717, 1.165) is 12.1 Å². The summed E-state index contributed by atoms with van der Waals surface area (Å²) >= 11 is 5.88. The maximum atomic E-state index is 12.7. The summed E-state index contributed by atoms with van der Waals surface area (Å²) in [4.78, 5) is 25.2. The van der Waals surface area contributed by atoms with Crippen LogP contribution in [0.4, 0.5) is 4.79 Å². The molecule has 1 aromatic carbocycles. The second kappa shape index (κ2) is 7.86. The van der Waals surface area contributed by atoms with E-state index in [1.807, 2.05) is 9.80 Å². The summed E-state index contributed by atoms with van der Waals surface area (Å²) in [7, 11) is 0. The molecule has 2 aliphatic heterocycles. The van der Waals surface area contributed by atoms with Crippen molar-refractivity contribution in [1.29, 1.82) is 0 Å². The van der Waals surface area contributed by atoms with Crippen LogP contribution in [-0.4, -0.2) is 72.2 Å². The minimum absolute atomic E-state index is 0.0532. The van der Waals surface area contributed by atoms with Crippen molar-refractivity contribution in [3.05, 3.63) is 53.7 Å². The van der Waals surface area contributed by atoms with Crippen molar-refractivity contribution in [1.82, 2.24) is 40.0 Å². The Labute approximate surface area is 177 Å². The Morgan fingerprint density at radius 1 is 1.07 bits per heavy atom. The highest BCUT2D eigenvalue weighted by atomic mass is 35.5. The van der Waals surface area contributed by atoms with E-state index in [1.165, 1.54) is 0 Å². The van der Waals surface area contributed by atoms with E-state index in [1.54, 1.807) is 47.7 Å². The average Bonchev–Trinajstić information content (AvgIpc) is 3.41. The van der Waals surface area contributed by atoms with Crippen LogP contribution in [0.1, 0.15) is 24.1 Å². The topological polar surface area (TPSA) is 102 Å². The normalized spacial score (nSPS) is 19.0. The highest BCUT2D eigenvalue weighted by Gasteiger charge is 2.38. The van der Waals surface area contributed by atoms with Crippen molar-refractivity contribution < 1.29 is 9.53 Å². The predicted octanol–water partition coefficient (Wildman–Crippen LogP) is 2.38. The molecule has 5 rings (SSSR count). The SMILES string of the molecule is O=C(N1CC(c2cnc(Oc3ccc(Cl)cc3)cn2)C1)N1CC[C@H](n2cnnn2)C1. The fourth-order valence-corrected chi connectivity index (χ4v) is 3.83. The summed E-state index contributed by atoms with van der Waals surface area (Å²) in [5.74, 6) is 1.25. The van der Waals surface area contributed by atoms with Gasteiger partial charge in [-0.3, -0.25) is 4.98 Å². The third kappa shape index (κ3) is 3.78. The molecule has 0 saturated carbocycles. The fourth-order valence-electron chi connectivity index (χ4n) is 3.70. The van der Waals surface area contributed by atoms with Crippen molar-refractivity contribution >= 4 is 17.6 Å². The van der Waals surface area contributed by atoms with Crippen LogP contribution in [0.25, 0.3) is 0 Å². The van der Waals surface area contributed by atoms with Crippen molar-refractivity contribution in [2.45, 2.75) is 18.4 Å². The molecule has 30 heavy (non-hydrogen) atoms. The molecule has 0 N–H and O–H groups in total. The number of hydrogen-bond donors (Lipinski definition) is 0. The summed E-state index contributed by atoms with van der Waals surface area (Å²) in [5, 5.41) is 11.9. The van der Waals surface area contributed by atoms with Gasteiger partial charge in [0.25, 0.3) is 0 Å². The number of nitrogens with zero attached hydrogens (tertiary/aromatic N) is 8. The van der Waals surface area contributed by atoms with E-state index in [-0.39, 0.29) is 18.0 Å². The molecule has 0 unspecified atom stereocenters. The minimum atomic E-state index is 0.0532. The van der Waals surface area contributed by atoms with Crippen LogP contribution in [0.2, 0.25) is 5.02 Å². The quantitative estimate of drug-likeness (QED) is 0.631. The Hall–Kier alpha value is -3.27. The molecular formula is C19H19ClN8O2. The molecule has 11 heteroatoms. The third-order valence-corrected chi connectivity index (χ3v) is 5.68. The van der Waals surface area contributed by atoms with Gasteiger partial charge in [0.2, 0.25) is 5.88 Å². The molecular weight excluding hydrogens is 408 g/mol. The Morgan fingerprint density at radius 3 is 2.60 bits per heavy atom. The maximum absolute atomic E-state index is 12.7. The lowest BCUT2D eigenvalue weighted by atomic mass is 9.97. The van der Waals surface area contributed by atoms with Gasteiger partial charge < -0.3 is 14.5 Å². The van der Waals surface area contributed by atoms with Crippen LogP contribution in [0.15, 0.2) is 43.0 Å². The van der Waals surface area contributed by atoms with Gasteiger partial charge in [0.15, 0.2) is 0 Å². The number of likely N-dealkylation sites (tertiary alicyclic amines) is 2. The van der Waals surface area contributed by atoms with E-state index in [9.17, 15) is 4.79 Å². The zero-order valence-corrected chi connectivity index (χ0v) is 16.8. The van der Waals surface area contributed by atoms with Crippen LogP contribution in [0.3, 0.4) is 0 Å². The van der Waals surface area contributed by atoms with Gasteiger partial charge in [-0.1, -0.05) is 11.6 Å². The molecule has 3 aromatic rings. The number of hydrogen-bond acceptors (Lipinski definition) is 7. The predicted molar refractivity (Wildman–Crippen MR) is 106 cm³/mol. The molecule has 2 saturated heterocycles. The van der Waals surface area contributed by atoms with Crippen LogP contribution in [0, 0.1) is 0 Å². The largest absolute Gasteiger partial charge is 0.438 e. The number of tetrazole rings is 1. The maximum Gasteiger partial charge on any atom is 0.320 e. The lowest BCUT2D eigenvalue weighted by molar-refractivity contribution is 0.119. The molecule has 2 amide bonds. The van der Waals surface area contributed by atoms with Crippen molar-refractivity contribution in [3.63, 3.8) is 0 Å². The van der Waals surface area contributed by atoms with Gasteiger partial charge in [-0.15, -0.1) is 5.10 Å². The van der Waals surface area contributed by atoms with Crippen LogP contribution < -0.4 is 4.74 Å². The van der Waals surface area contributed by atoms with Gasteiger partial charge in [-0.05, 0) is 41.1 Å². The number of rotatable bonds is 4. The summed E-state index contributed by atoms with van der Waals surface area (Å²) in [6.45, 7) is 2.61. The minimum Gasteiger partial charge on any atom is -0.438 e. The Morgan fingerprint density at radius 2 is 1.90 bits per heavy atom. The number of carbonyl (C=O) groups is 1. The van der Waals surface area contributed by atoms with Crippen LogP contribution in [-0.2, 0) is 0 Å². The number of amides is 2. The molecule has 154 valence electrons. The smallest absolute Gasteiger partial charge is 0.320 e. The van der Waals surface area contributed by atoms with Gasteiger partial charge >= 0.3 is 6.03 Å². The molecule has 0 spiro atoms. The molecule has 2 fully saturated rings. The number of ether oxygens (including phenoxy) is 1. The van der Waals surface area contributed by atoms with E-state index in [4.69, 9.17) is 16.3 Å². The summed E-state index contributed by atoms with van der Waals surface area (Å²) < 4.78 is 7.39. The first kappa shape index (κ1) is 18.7. The lowest BCUT2D eigenvalue weighted by Gasteiger charge is -2.40. The van der Waals surface area contributed by atoms with Gasteiger partial charge in [0, 0.05) is 37.1 Å². The molecule has 10 nitrogen and oxygen atoms in total. The van der Waals surface area contributed by atoms with E-state index < -0.39 is 0 Å². The second-order valence-corrected chi connectivity index (χ2v) is 7.83. The molecule has 0 aliphatic carbocycles. The number of carbonyl (C=O) groups excluding carboxylic acids is 1. The number of aromatic nitrogens is 6. The van der Waals surface area contributed by atoms with Crippen molar-refractivity contribution in [2.75, 3.05) is 26.2 Å². The molecule has 2 aromatic heterocycles. The molecule has 0 radical (unpaired) electrons. The Balaban J connectivity index is 1.13. The Bertz CT molecular complexity index is 1010. The average molecular weight is 427 g/mol. The number of halogens is 1. The first-order chi connectivity index (χ1) is 14.7. The number of benzene rings is 1.